The van der Waals surface area contributed by atoms with Crippen molar-refractivity contribution >= 4 is 39.9 Å². The number of carbonyl (C=O) groups is 2. The molecule has 4 heterocycles. The number of likely N-dealkylation sites (tertiary alicyclic amines) is 1. The van der Waals surface area contributed by atoms with E-state index >= 15 is 0 Å². The number of aryl methyl sites for hydroxylation is 1. The Labute approximate surface area is 243 Å². The predicted octanol–water partition coefficient (Wildman–Crippen LogP) is 6.81. The van der Waals surface area contributed by atoms with Gasteiger partial charge in [0.05, 0.1) is 11.6 Å². The fourth-order valence-corrected chi connectivity index (χ4v) is 7.59. The topological polar surface area (TPSA) is 83.0 Å². The zero-order valence-corrected chi connectivity index (χ0v) is 24.2. The van der Waals surface area contributed by atoms with Crippen LogP contribution in [0.5, 0.6) is 5.75 Å². The number of aromatic nitrogens is 1. The highest BCUT2D eigenvalue weighted by molar-refractivity contribution is 7.14. The van der Waals surface area contributed by atoms with Crippen LogP contribution in [0.3, 0.4) is 0 Å². The Morgan fingerprint density at radius 2 is 1.82 bits per heavy atom. The molecule has 9 heteroatoms. The molecule has 2 bridgehead atoms. The van der Waals surface area contributed by atoms with Gasteiger partial charge in [0.2, 0.25) is 0 Å². The number of anilines is 1. The Morgan fingerprint density at radius 3 is 2.52 bits per heavy atom. The summed E-state index contributed by atoms with van der Waals surface area (Å²) in [5.74, 6) is -0.144. The summed E-state index contributed by atoms with van der Waals surface area (Å²) in [6, 6.07) is 11.9. The largest absolute Gasteiger partial charge is 0.488 e. The molecule has 3 aliphatic rings. The van der Waals surface area contributed by atoms with Gasteiger partial charge in [0.1, 0.15) is 12.4 Å². The molecule has 0 spiro atoms. The lowest BCUT2D eigenvalue weighted by Crippen LogP contribution is -2.44. The minimum atomic E-state index is -0.685. The number of carbonyl (C=O) groups excluding carboxylic acids is 1. The lowest BCUT2D eigenvalue weighted by atomic mass is 9.91. The molecular formula is C31H34ClN3O4S. The first-order valence-electron chi connectivity index (χ1n) is 14.2. The summed E-state index contributed by atoms with van der Waals surface area (Å²) in [5, 5.41) is 13.1. The number of carboxylic acid groups (broad SMARTS) is 1. The van der Waals surface area contributed by atoms with Crippen LogP contribution in [0.4, 0.5) is 5.13 Å². The lowest BCUT2D eigenvalue weighted by molar-refractivity contribution is -0.142. The number of amides is 1. The fraction of sp³-hybridized carbons (Fsp3) is 0.452. The highest BCUT2D eigenvalue weighted by atomic mass is 35.5. The number of carboxylic acids is 1. The van der Waals surface area contributed by atoms with E-state index < -0.39 is 5.97 Å². The Morgan fingerprint density at radius 1 is 1.07 bits per heavy atom. The maximum atomic E-state index is 12.9. The van der Waals surface area contributed by atoms with Gasteiger partial charge < -0.3 is 19.6 Å². The minimum Gasteiger partial charge on any atom is -0.488 e. The molecule has 3 aromatic rings. The number of fused-ring (bicyclic) bond motifs is 2. The first-order chi connectivity index (χ1) is 19.4. The number of aliphatic carboxylic acids is 1. The van der Waals surface area contributed by atoms with Gasteiger partial charge in [-0.2, -0.15) is 0 Å². The average Bonchev–Trinajstić information content (AvgIpc) is 3.54. The van der Waals surface area contributed by atoms with E-state index in [0.29, 0.717) is 30.2 Å². The molecule has 3 saturated heterocycles. The van der Waals surface area contributed by atoms with E-state index in [1.807, 2.05) is 53.6 Å². The SMILES string of the molecule is Cc1cc(C(=O)N2CCCCC2)ccc1COc1ccc(Cl)cc1-c1csc(N2C3CCC2CC(C(=O)O)C3)n1. The number of thiazole rings is 1. The zero-order valence-electron chi connectivity index (χ0n) is 22.6. The number of benzene rings is 2. The summed E-state index contributed by atoms with van der Waals surface area (Å²) < 4.78 is 6.31. The Kier molecular flexibility index (Phi) is 7.73. The summed E-state index contributed by atoms with van der Waals surface area (Å²) in [6.07, 6.45) is 6.71. The molecule has 2 aromatic carbocycles. The molecular weight excluding hydrogens is 546 g/mol. The number of nitrogens with zero attached hydrogens (tertiary/aromatic N) is 3. The van der Waals surface area contributed by atoms with Crippen molar-refractivity contribution in [1.82, 2.24) is 9.88 Å². The second-order valence-electron chi connectivity index (χ2n) is 11.2. The Balaban J connectivity index is 1.17. The van der Waals surface area contributed by atoms with E-state index in [2.05, 4.69) is 4.90 Å². The van der Waals surface area contributed by atoms with Gasteiger partial charge in [-0.1, -0.05) is 17.7 Å². The molecule has 2 atom stereocenters. The smallest absolute Gasteiger partial charge is 0.306 e. The summed E-state index contributed by atoms with van der Waals surface area (Å²) in [6.45, 7) is 4.05. The molecule has 1 N–H and O–H groups in total. The molecule has 0 radical (unpaired) electrons. The van der Waals surface area contributed by atoms with Crippen LogP contribution < -0.4 is 9.64 Å². The molecule has 40 heavy (non-hydrogen) atoms. The monoisotopic (exact) mass is 579 g/mol. The maximum absolute atomic E-state index is 12.9. The Bertz CT molecular complexity index is 1410. The van der Waals surface area contributed by atoms with Crippen molar-refractivity contribution in [3.8, 4) is 17.0 Å². The van der Waals surface area contributed by atoms with Gasteiger partial charge in [0.15, 0.2) is 5.13 Å². The molecule has 7 nitrogen and oxygen atoms in total. The molecule has 210 valence electrons. The van der Waals surface area contributed by atoms with Crippen molar-refractivity contribution in [3.63, 3.8) is 0 Å². The van der Waals surface area contributed by atoms with Crippen molar-refractivity contribution in [3.05, 3.63) is 63.5 Å². The van der Waals surface area contributed by atoms with Crippen molar-refractivity contribution in [2.45, 2.75) is 70.6 Å². The van der Waals surface area contributed by atoms with Gasteiger partial charge in [0.25, 0.3) is 5.91 Å². The minimum absolute atomic E-state index is 0.107. The molecule has 0 aliphatic carbocycles. The fourth-order valence-electron chi connectivity index (χ4n) is 6.45. The van der Waals surface area contributed by atoms with Gasteiger partial charge in [0, 0.05) is 46.7 Å². The van der Waals surface area contributed by atoms with E-state index in [0.717, 1.165) is 71.9 Å². The van der Waals surface area contributed by atoms with Crippen LogP contribution in [0.25, 0.3) is 11.3 Å². The highest BCUT2D eigenvalue weighted by Crippen LogP contribution is 2.44. The molecule has 3 aliphatic heterocycles. The quantitative estimate of drug-likeness (QED) is 0.331. The van der Waals surface area contributed by atoms with Gasteiger partial charge in [-0.15, -0.1) is 11.3 Å². The standard InChI is InChI=1S/C31H34ClN3O4S/c1-19-13-20(29(36)34-11-3-2-4-12-34)5-6-21(19)17-39-28-10-7-23(32)16-26(28)27-18-40-31(33-27)35-24-8-9-25(35)15-22(14-24)30(37)38/h5-7,10,13,16,18,22,24-25H,2-4,8-9,11-12,14-15,17H2,1H3,(H,37,38). The van der Waals surface area contributed by atoms with Crippen LogP contribution >= 0.6 is 22.9 Å². The highest BCUT2D eigenvalue weighted by Gasteiger charge is 2.44. The summed E-state index contributed by atoms with van der Waals surface area (Å²) in [4.78, 5) is 33.8. The predicted molar refractivity (Wildman–Crippen MR) is 157 cm³/mol. The molecule has 2 unspecified atom stereocenters. The molecule has 0 saturated carbocycles. The number of piperidine rings is 2. The molecule has 1 amide bonds. The third-order valence-electron chi connectivity index (χ3n) is 8.63. The van der Waals surface area contributed by atoms with Crippen LogP contribution in [0, 0.1) is 12.8 Å². The van der Waals surface area contributed by atoms with E-state index in [1.165, 1.54) is 6.42 Å². The van der Waals surface area contributed by atoms with Crippen molar-refractivity contribution in [1.29, 1.82) is 0 Å². The van der Waals surface area contributed by atoms with Crippen molar-refractivity contribution in [2.24, 2.45) is 5.92 Å². The molecule has 1 aromatic heterocycles. The number of rotatable bonds is 7. The van der Waals surface area contributed by atoms with Crippen LogP contribution in [0.1, 0.15) is 66.4 Å². The summed E-state index contributed by atoms with van der Waals surface area (Å²) >= 11 is 7.98. The number of halogens is 1. The second kappa shape index (κ2) is 11.4. The first-order valence-corrected chi connectivity index (χ1v) is 15.4. The molecule has 3 fully saturated rings. The van der Waals surface area contributed by atoms with Crippen LogP contribution in [-0.4, -0.2) is 52.0 Å². The summed E-state index contributed by atoms with van der Waals surface area (Å²) in [7, 11) is 0. The van der Waals surface area contributed by atoms with Gasteiger partial charge in [-0.05, 0) is 93.3 Å². The van der Waals surface area contributed by atoms with E-state index in [9.17, 15) is 14.7 Å². The number of hydrogen-bond acceptors (Lipinski definition) is 6. The van der Waals surface area contributed by atoms with E-state index in [4.69, 9.17) is 21.3 Å². The zero-order chi connectivity index (χ0) is 27.8. The van der Waals surface area contributed by atoms with Crippen molar-refractivity contribution < 1.29 is 19.4 Å². The van der Waals surface area contributed by atoms with Crippen molar-refractivity contribution in [2.75, 3.05) is 18.0 Å². The van der Waals surface area contributed by atoms with E-state index in [1.54, 1.807) is 11.3 Å². The van der Waals surface area contributed by atoms with Crippen LogP contribution in [0.2, 0.25) is 5.02 Å². The Hall–Kier alpha value is -3.10. The third-order valence-corrected chi connectivity index (χ3v) is 9.72. The maximum Gasteiger partial charge on any atom is 0.306 e. The first kappa shape index (κ1) is 27.1. The van der Waals surface area contributed by atoms with Gasteiger partial charge >= 0.3 is 5.97 Å². The number of hydrogen-bond donors (Lipinski definition) is 1. The summed E-state index contributed by atoms with van der Waals surface area (Å²) in [5.41, 5.74) is 4.41. The second-order valence-corrected chi connectivity index (χ2v) is 12.5. The van der Waals surface area contributed by atoms with E-state index in [-0.39, 0.29) is 23.9 Å². The average molecular weight is 580 g/mol. The lowest BCUT2D eigenvalue weighted by Gasteiger charge is -2.37. The van der Waals surface area contributed by atoms with Gasteiger partial charge in [-0.3, -0.25) is 9.59 Å². The number of ether oxygens (including phenoxy) is 1. The van der Waals surface area contributed by atoms with Crippen LogP contribution in [0.15, 0.2) is 41.8 Å². The van der Waals surface area contributed by atoms with Crippen LogP contribution in [-0.2, 0) is 11.4 Å². The third kappa shape index (κ3) is 5.44. The molecule has 6 rings (SSSR count). The normalized spacial score (nSPS) is 22.4. The van der Waals surface area contributed by atoms with Gasteiger partial charge in [-0.25, -0.2) is 4.98 Å².